The lowest BCUT2D eigenvalue weighted by molar-refractivity contribution is -0.122. The van der Waals surface area contributed by atoms with E-state index in [1.165, 1.54) is 0 Å². The highest BCUT2D eigenvalue weighted by Gasteiger charge is 2.15. The first kappa shape index (κ1) is 14.4. The molecular weight excluding hydrogens is 274 g/mol. The number of ether oxygens (including phenoxy) is 1. The maximum absolute atomic E-state index is 12.0. The molecule has 0 saturated carbocycles. The van der Waals surface area contributed by atoms with Crippen LogP contribution in [0.2, 0.25) is 5.02 Å². The molecule has 0 aliphatic heterocycles. The lowest BCUT2D eigenvalue weighted by Crippen LogP contribution is -2.30. The highest BCUT2D eigenvalue weighted by atomic mass is 35.5. The molecular formula is C16H16ClNO2. The standard InChI is InChI=1S/C16H16ClNO2/c1-11-5-3-4-6-15(11)20-12(2)16(19)18-14-9-7-13(17)8-10-14/h3-10,12H,1-2H3,(H,18,19)/t12-/m1/s1. The van der Waals surface area contributed by atoms with Crippen LogP contribution in [0.5, 0.6) is 5.75 Å². The maximum atomic E-state index is 12.0. The largest absolute Gasteiger partial charge is 0.481 e. The maximum Gasteiger partial charge on any atom is 0.265 e. The zero-order valence-electron chi connectivity index (χ0n) is 11.4. The van der Waals surface area contributed by atoms with Crippen LogP contribution >= 0.6 is 11.6 Å². The van der Waals surface area contributed by atoms with E-state index >= 15 is 0 Å². The molecule has 0 fully saturated rings. The molecule has 1 atom stereocenters. The summed E-state index contributed by atoms with van der Waals surface area (Å²) in [6.45, 7) is 3.66. The van der Waals surface area contributed by atoms with Gasteiger partial charge in [-0.25, -0.2) is 0 Å². The fourth-order valence-electron chi connectivity index (χ4n) is 1.71. The third-order valence-corrected chi connectivity index (χ3v) is 3.13. The van der Waals surface area contributed by atoms with Crippen molar-refractivity contribution in [1.82, 2.24) is 0 Å². The Labute approximate surface area is 123 Å². The molecule has 2 rings (SSSR count). The molecule has 0 saturated heterocycles. The SMILES string of the molecule is Cc1ccccc1O[C@H](C)C(=O)Nc1ccc(Cl)cc1. The molecule has 20 heavy (non-hydrogen) atoms. The van der Waals surface area contributed by atoms with Crippen LogP contribution in [0, 0.1) is 6.92 Å². The van der Waals surface area contributed by atoms with E-state index in [1.807, 2.05) is 31.2 Å². The van der Waals surface area contributed by atoms with Crippen molar-refractivity contribution in [2.75, 3.05) is 5.32 Å². The number of benzene rings is 2. The number of carbonyl (C=O) groups excluding carboxylic acids is 1. The van der Waals surface area contributed by atoms with Crippen LogP contribution in [0.4, 0.5) is 5.69 Å². The quantitative estimate of drug-likeness (QED) is 0.922. The average Bonchev–Trinajstić information content (AvgIpc) is 2.44. The number of anilines is 1. The number of rotatable bonds is 4. The summed E-state index contributed by atoms with van der Waals surface area (Å²) < 4.78 is 5.66. The van der Waals surface area contributed by atoms with Gasteiger partial charge in [0, 0.05) is 10.7 Å². The molecule has 1 N–H and O–H groups in total. The Balaban J connectivity index is 1.99. The highest BCUT2D eigenvalue weighted by molar-refractivity contribution is 6.30. The van der Waals surface area contributed by atoms with Gasteiger partial charge in [-0.2, -0.15) is 0 Å². The van der Waals surface area contributed by atoms with Crippen LogP contribution in [0.15, 0.2) is 48.5 Å². The van der Waals surface area contributed by atoms with Gasteiger partial charge in [-0.15, -0.1) is 0 Å². The van der Waals surface area contributed by atoms with E-state index in [0.717, 1.165) is 5.56 Å². The number of aryl methyl sites for hydroxylation is 1. The topological polar surface area (TPSA) is 38.3 Å². The molecule has 0 spiro atoms. The van der Waals surface area contributed by atoms with E-state index in [0.29, 0.717) is 16.5 Å². The third kappa shape index (κ3) is 3.75. The van der Waals surface area contributed by atoms with E-state index in [9.17, 15) is 4.79 Å². The van der Waals surface area contributed by atoms with Crippen molar-refractivity contribution in [2.24, 2.45) is 0 Å². The van der Waals surface area contributed by atoms with E-state index in [2.05, 4.69) is 5.32 Å². The smallest absolute Gasteiger partial charge is 0.265 e. The monoisotopic (exact) mass is 289 g/mol. The van der Waals surface area contributed by atoms with Gasteiger partial charge in [0.15, 0.2) is 6.10 Å². The molecule has 0 heterocycles. The minimum atomic E-state index is -0.577. The Morgan fingerprint density at radius 3 is 2.45 bits per heavy atom. The fourth-order valence-corrected chi connectivity index (χ4v) is 1.84. The summed E-state index contributed by atoms with van der Waals surface area (Å²) in [5.41, 5.74) is 1.69. The summed E-state index contributed by atoms with van der Waals surface area (Å²) >= 11 is 5.80. The van der Waals surface area contributed by atoms with Crippen molar-refractivity contribution in [1.29, 1.82) is 0 Å². The van der Waals surface area contributed by atoms with Gasteiger partial charge >= 0.3 is 0 Å². The number of para-hydroxylation sites is 1. The van der Waals surface area contributed by atoms with E-state index < -0.39 is 6.10 Å². The summed E-state index contributed by atoms with van der Waals surface area (Å²) in [6, 6.07) is 14.6. The number of nitrogens with one attached hydrogen (secondary N) is 1. The Hall–Kier alpha value is -2.00. The number of carbonyl (C=O) groups is 1. The van der Waals surface area contributed by atoms with E-state index in [4.69, 9.17) is 16.3 Å². The second kappa shape index (κ2) is 6.44. The van der Waals surface area contributed by atoms with E-state index in [1.54, 1.807) is 31.2 Å². The summed E-state index contributed by atoms with van der Waals surface area (Å²) in [4.78, 5) is 12.0. The van der Waals surface area contributed by atoms with Crippen molar-refractivity contribution >= 4 is 23.2 Å². The Bertz CT molecular complexity index is 596. The second-order valence-electron chi connectivity index (χ2n) is 4.52. The number of hydrogen-bond acceptors (Lipinski definition) is 2. The highest BCUT2D eigenvalue weighted by Crippen LogP contribution is 2.19. The van der Waals surface area contributed by atoms with Crippen LogP contribution in [-0.4, -0.2) is 12.0 Å². The Morgan fingerprint density at radius 2 is 1.80 bits per heavy atom. The first-order chi connectivity index (χ1) is 9.56. The van der Waals surface area contributed by atoms with Crippen molar-refractivity contribution < 1.29 is 9.53 Å². The molecule has 0 aliphatic carbocycles. The van der Waals surface area contributed by atoms with Gasteiger partial charge in [0.1, 0.15) is 5.75 Å². The van der Waals surface area contributed by atoms with Gasteiger partial charge in [0.05, 0.1) is 0 Å². The summed E-state index contributed by atoms with van der Waals surface area (Å²) in [5, 5.41) is 3.42. The van der Waals surface area contributed by atoms with Crippen molar-refractivity contribution in [3.63, 3.8) is 0 Å². The van der Waals surface area contributed by atoms with Gasteiger partial charge < -0.3 is 10.1 Å². The number of amides is 1. The second-order valence-corrected chi connectivity index (χ2v) is 4.96. The third-order valence-electron chi connectivity index (χ3n) is 2.88. The molecule has 3 nitrogen and oxygen atoms in total. The van der Waals surface area contributed by atoms with Crippen LogP contribution in [0.25, 0.3) is 0 Å². The van der Waals surface area contributed by atoms with Crippen LogP contribution in [0.1, 0.15) is 12.5 Å². The van der Waals surface area contributed by atoms with Gasteiger partial charge in [0.2, 0.25) is 0 Å². The molecule has 2 aromatic carbocycles. The van der Waals surface area contributed by atoms with Crippen molar-refractivity contribution in [3.8, 4) is 5.75 Å². The zero-order valence-corrected chi connectivity index (χ0v) is 12.1. The molecule has 4 heteroatoms. The summed E-state index contributed by atoms with van der Waals surface area (Å²) in [6.07, 6.45) is -0.577. The first-order valence-corrected chi connectivity index (χ1v) is 6.73. The molecule has 2 aromatic rings. The normalized spacial score (nSPS) is 11.8. The van der Waals surface area contributed by atoms with Crippen molar-refractivity contribution in [2.45, 2.75) is 20.0 Å². The predicted molar refractivity (Wildman–Crippen MR) is 81.4 cm³/mol. The number of hydrogen-bond donors (Lipinski definition) is 1. The summed E-state index contributed by atoms with van der Waals surface area (Å²) in [7, 11) is 0. The average molecular weight is 290 g/mol. The van der Waals surface area contributed by atoms with Gasteiger partial charge in [-0.05, 0) is 49.7 Å². The van der Waals surface area contributed by atoms with Gasteiger partial charge in [-0.3, -0.25) is 4.79 Å². The summed E-state index contributed by atoms with van der Waals surface area (Å²) in [5.74, 6) is 0.516. The number of halogens is 1. The minimum absolute atomic E-state index is 0.199. The lowest BCUT2D eigenvalue weighted by Gasteiger charge is -2.16. The molecule has 1 amide bonds. The molecule has 104 valence electrons. The molecule has 0 unspecified atom stereocenters. The van der Waals surface area contributed by atoms with Gasteiger partial charge in [-0.1, -0.05) is 29.8 Å². The van der Waals surface area contributed by atoms with Crippen molar-refractivity contribution in [3.05, 3.63) is 59.1 Å². The Kier molecular flexibility index (Phi) is 4.64. The van der Waals surface area contributed by atoms with Gasteiger partial charge in [0.25, 0.3) is 5.91 Å². The Morgan fingerprint density at radius 1 is 1.15 bits per heavy atom. The van der Waals surface area contributed by atoms with Crippen LogP contribution in [0.3, 0.4) is 0 Å². The molecule has 0 bridgehead atoms. The van der Waals surface area contributed by atoms with Crippen LogP contribution in [-0.2, 0) is 4.79 Å². The molecule has 0 aromatic heterocycles. The fraction of sp³-hybridized carbons (Fsp3) is 0.188. The molecule has 0 aliphatic rings. The van der Waals surface area contributed by atoms with E-state index in [-0.39, 0.29) is 5.91 Å². The molecule has 0 radical (unpaired) electrons. The lowest BCUT2D eigenvalue weighted by atomic mass is 10.2. The minimum Gasteiger partial charge on any atom is -0.481 e. The zero-order chi connectivity index (χ0) is 14.5. The predicted octanol–water partition coefficient (Wildman–Crippen LogP) is 4.05. The van der Waals surface area contributed by atoms with Crippen LogP contribution < -0.4 is 10.1 Å². The first-order valence-electron chi connectivity index (χ1n) is 6.35.